The SMILES string of the molecule is O=Cc1cc(F)c(Cl)c(C(F)(F)F)c1. The monoisotopic (exact) mass is 226 g/mol. The highest BCUT2D eigenvalue weighted by molar-refractivity contribution is 6.31. The van der Waals surface area contributed by atoms with Crippen molar-refractivity contribution in [1.29, 1.82) is 0 Å². The summed E-state index contributed by atoms with van der Waals surface area (Å²) in [7, 11) is 0. The largest absolute Gasteiger partial charge is 0.417 e. The van der Waals surface area contributed by atoms with E-state index in [1.54, 1.807) is 0 Å². The van der Waals surface area contributed by atoms with E-state index in [0.717, 1.165) is 0 Å². The smallest absolute Gasteiger partial charge is 0.298 e. The van der Waals surface area contributed by atoms with E-state index < -0.39 is 28.1 Å². The van der Waals surface area contributed by atoms with E-state index in [9.17, 15) is 22.4 Å². The molecule has 0 saturated heterocycles. The minimum atomic E-state index is -4.77. The van der Waals surface area contributed by atoms with E-state index in [1.165, 1.54) is 0 Å². The fourth-order valence-corrected chi connectivity index (χ4v) is 1.10. The number of rotatable bonds is 1. The molecule has 0 aliphatic heterocycles. The summed E-state index contributed by atoms with van der Waals surface area (Å²) in [6.07, 6.45) is -4.65. The van der Waals surface area contributed by atoms with Gasteiger partial charge in [-0.3, -0.25) is 4.79 Å². The lowest BCUT2D eigenvalue weighted by atomic mass is 10.1. The van der Waals surface area contributed by atoms with Crippen molar-refractivity contribution in [2.75, 3.05) is 0 Å². The molecule has 0 unspecified atom stereocenters. The lowest BCUT2D eigenvalue weighted by Crippen LogP contribution is -2.07. The Bertz CT molecular complexity index is 372. The minimum absolute atomic E-state index is 0.120. The van der Waals surface area contributed by atoms with Crippen LogP contribution in [0.5, 0.6) is 0 Å². The summed E-state index contributed by atoms with van der Waals surface area (Å²) in [5.74, 6) is -1.26. The third-order valence-electron chi connectivity index (χ3n) is 1.49. The molecule has 0 radical (unpaired) electrons. The van der Waals surface area contributed by atoms with Gasteiger partial charge >= 0.3 is 6.18 Å². The van der Waals surface area contributed by atoms with Crippen LogP contribution in [0.25, 0.3) is 0 Å². The highest BCUT2D eigenvalue weighted by Crippen LogP contribution is 2.36. The molecular formula is C8H3ClF4O. The number of aldehydes is 1. The summed E-state index contributed by atoms with van der Waals surface area (Å²) in [6, 6.07) is 1.14. The summed E-state index contributed by atoms with van der Waals surface area (Å²) < 4.78 is 49.3. The number of halogens is 5. The number of carbonyl (C=O) groups is 1. The first-order valence-corrected chi connectivity index (χ1v) is 3.75. The predicted molar refractivity (Wildman–Crippen MR) is 41.8 cm³/mol. The van der Waals surface area contributed by atoms with Gasteiger partial charge in [-0.25, -0.2) is 4.39 Å². The lowest BCUT2D eigenvalue weighted by molar-refractivity contribution is -0.137. The van der Waals surface area contributed by atoms with Crippen molar-refractivity contribution in [3.8, 4) is 0 Å². The molecule has 0 heterocycles. The second-order valence-electron chi connectivity index (χ2n) is 2.48. The highest BCUT2D eigenvalue weighted by Gasteiger charge is 2.34. The van der Waals surface area contributed by atoms with Crippen molar-refractivity contribution in [3.05, 3.63) is 34.1 Å². The number of alkyl halides is 3. The summed E-state index contributed by atoms with van der Waals surface area (Å²) in [4.78, 5) is 10.2. The van der Waals surface area contributed by atoms with Gasteiger partial charge in [0.05, 0.1) is 10.6 Å². The second-order valence-corrected chi connectivity index (χ2v) is 2.86. The van der Waals surface area contributed by atoms with Crippen LogP contribution in [-0.4, -0.2) is 6.29 Å². The van der Waals surface area contributed by atoms with Crippen LogP contribution in [-0.2, 0) is 6.18 Å². The molecule has 0 bridgehead atoms. The van der Waals surface area contributed by atoms with E-state index in [1.807, 2.05) is 0 Å². The van der Waals surface area contributed by atoms with Crippen LogP contribution in [0.15, 0.2) is 12.1 Å². The van der Waals surface area contributed by atoms with Crippen LogP contribution in [0.3, 0.4) is 0 Å². The zero-order chi connectivity index (χ0) is 10.9. The Kier molecular flexibility index (Phi) is 2.80. The fourth-order valence-electron chi connectivity index (χ4n) is 0.884. The zero-order valence-corrected chi connectivity index (χ0v) is 7.29. The van der Waals surface area contributed by atoms with Gasteiger partial charge in [-0.1, -0.05) is 11.6 Å². The highest BCUT2D eigenvalue weighted by atomic mass is 35.5. The Morgan fingerprint density at radius 3 is 2.29 bits per heavy atom. The molecule has 1 nitrogen and oxygen atoms in total. The molecule has 0 spiro atoms. The topological polar surface area (TPSA) is 17.1 Å². The van der Waals surface area contributed by atoms with Gasteiger partial charge in [0.2, 0.25) is 0 Å². The molecule has 76 valence electrons. The third-order valence-corrected chi connectivity index (χ3v) is 1.88. The van der Waals surface area contributed by atoms with Gasteiger partial charge in [0.15, 0.2) is 0 Å². The first kappa shape index (κ1) is 11.0. The molecular weight excluding hydrogens is 224 g/mol. The molecule has 0 saturated carbocycles. The maximum absolute atomic E-state index is 12.8. The fraction of sp³-hybridized carbons (Fsp3) is 0.125. The van der Waals surface area contributed by atoms with Crippen molar-refractivity contribution in [3.63, 3.8) is 0 Å². The Labute approximate surface area is 81.3 Å². The molecule has 0 aliphatic rings. The molecule has 0 aromatic heterocycles. The normalized spacial score (nSPS) is 11.5. The summed E-state index contributed by atoms with van der Waals surface area (Å²) >= 11 is 5.10. The first-order chi connectivity index (χ1) is 6.36. The van der Waals surface area contributed by atoms with Crippen LogP contribution in [0.2, 0.25) is 5.02 Å². The van der Waals surface area contributed by atoms with Gasteiger partial charge in [-0.05, 0) is 12.1 Å². The van der Waals surface area contributed by atoms with Gasteiger partial charge in [0.1, 0.15) is 12.1 Å². The van der Waals surface area contributed by atoms with E-state index in [4.69, 9.17) is 11.6 Å². The van der Waals surface area contributed by atoms with Crippen LogP contribution in [0.1, 0.15) is 15.9 Å². The average molecular weight is 227 g/mol. The predicted octanol–water partition coefficient (Wildman–Crippen LogP) is 3.31. The van der Waals surface area contributed by atoms with Crippen molar-refractivity contribution in [2.24, 2.45) is 0 Å². The van der Waals surface area contributed by atoms with Crippen LogP contribution in [0.4, 0.5) is 17.6 Å². The number of carbonyl (C=O) groups excluding carboxylic acids is 1. The molecule has 1 aromatic rings. The molecule has 0 atom stereocenters. The second kappa shape index (κ2) is 3.57. The van der Waals surface area contributed by atoms with Gasteiger partial charge in [0.25, 0.3) is 0 Å². The van der Waals surface area contributed by atoms with Crippen LogP contribution < -0.4 is 0 Å². The lowest BCUT2D eigenvalue weighted by Gasteiger charge is -2.09. The summed E-state index contributed by atoms with van der Waals surface area (Å²) in [6.45, 7) is 0. The van der Waals surface area contributed by atoms with Crippen molar-refractivity contribution >= 4 is 17.9 Å². The number of hydrogen-bond donors (Lipinski definition) is 0. The minimum Gasteiger partial charge on any atom is -0.298 e. The molecule has 14 heavy (non-hydrogen) atoms. The summed E-state index contributed by atoms with van der Waals surface area (Å²) in [5.41, 5.74) is -1.75. The maximum atomic E-state index is 12.8. The van der Waals surface area contributed by atoms with Crippen molar-refractivity contribution in [1.82, 2.24) is 0 Å². The third kappa shape index (κ3) is 2.04. The van der Waals surface area contributed by atoms with Gasteiger partial charge < -0.3 is 0 Å². The van der Waals surface area contributed by atoms with E-state index in [0.29, 0.717) is 12.1 Å². The van der Waals surface area contributed by atoms with E-state index in [-0.39, 0.29) is 6.29 Å². The van der Waals surface area contributed by atoms with Crippen LogP contribution in [0, 0.1) is 5.82 Å². The number of benzene rings is 1. The quantitative estimate of drug-likeness (QED) is 0.530. The molecule has 0 fully saturated rings. The Morgan fingerprint density at radius 1 is 1.29 bits per heavy atom. The molecule has 0 N–H and O–H groups in total. The molecule has 0 aliphatic carbocycles. The Morgan fingerprint density at radius 2 is 1.86 bits per heavy atom. The molecule has 1 aromatic carbocycles. The van der Waals surface area contributed by atoms with Crippen molar-refractivity contribution in [2.45, 2.75) is 6.18 Å². The molecule has 0 amide bonds. The zero-order valence-electron chi connectivity index (χ0n) is 6.53. The van der Waals surface area contributed by atoms with Gasteiger partial charge in [0, 0.05) is 5.56 Å². The van der Waals surface area contributed by atoms with E-state index >= 15 is 0 Å². The van der Waals surface area contributed by atoms with E-state index in [2.05, 4.69) is 0 Å². The van der Waals surface area contributed by atoms with Gasteiger partial charge in [-0.2, -0.15) is 13.2 Å². The molecule has 6 heteroatoms. The van der Waals surface area contributed by atoms with Crippen LogP contribution >= 0.6 is 11.6 Å². The molecule has 1 rings (SSSR count). The first-order valence-electron chi connectivity index (χ1n) is 3.37. The Hall–Kier alpha value is -1.10. The van der Waals surface area contributed by atoms with Crippen molar-refractivity contribution < 1.29 is 22.4 Å². The summed E-state index contributed by atoms with van der Waals surface area (Å²) in [5, 5.41) is -1.02. The Balaban J connectivity index is 3.42. The standard InChI is InChI=1S/C8H3ClF4O/c9-7-5(8(11,12)13)1-4(3-14)2-6(7)10/h1-3H. The average Bonchev–Trinajstić information content (AvgIpc) is 2.07. The maximum Gasteiger partial charge on any atom is 0.417 e. The number of hydrogen-bond acceptors (Lipinski definition) is 1. The van der Waals surface area contributed by atoms with Gasteiger partial charge in [-0.15, -0.1) is 0 Å².